The molecule has 2 aromatic heterocycles. The number of aryl methyl sites for hydroxylation is 1. The van der Waals surface area contributed by atoms with Gasteiger partial charge in [0.25, 0.3) is 5.56 Å². The van der Waals surface area contributed by atoms with Gasteiger partial charge in [-0.3, -0.25) is 14.1 Å². The highest BCUT2D eigenvalue weighted by Crippen LogP contribution is 2.20. The lowest BCUT2D eigenvalue weighted by molar-refractivity contribution is 0.144. The van der Waals surface area contributed by atoms with E-state index in [-0.39, 0.29) is 5.56 Å². The fourth-order valence-electron chi connectivity index (χ4n) is 3.11. The van der Waals surface area contributed by atoms with Crippen LogP contribution in [0, 0.1) is 12.8 Å². The van der Waals surface area contributed by atoms with E-state index >= 15 is 0 Å². The van der Waals surface area contributed by atoms with Crippen molar-refractivity contribution in [2.75, 3.05) is 13.1 Å². The summed E-state index contributed by atoms with van der Waals surface area (Å²) in [7, 11) is 0. The third-order valence-corrected chi connectivity index (χ3v) is 5.36. The third kappa shape index (κ3) is 2.88. The number of fused-ring (bicyclic) bond motifs is 1. The zero-order valence-corrected chi connectivity index (χ0v) is 13.4. The minimum atomic E-state index is 0.0227. The van der Waals surface area contributed by atoms with Crippen LogP contribution in [-0.4, -0.2) is 33.4 Å². The Labute approximate surface area is 128 Å². The molecule has 0 aliphatic carbocycles. The first kappa shape index (κ1) is 14.7. The molecule has 0 bridgehead atoms. The van der Waals surface area contributed by atoms with Gasteiger partial charge in [-0.15, -0.1) is 11.3 Å². The molecule has 3 rings (SSSR count). The first-order valence-corrected chi connectivity index (χ1v) is 8.41. The van der Waals surface area contributed by atoms with Crippen LogP contribution in [0.25, 0.3) is 4.96 Å². The molecule has 1 fully saturated rings. The summed E-state index contributed by atoms with van der Waals surface area (Å²) in [6, 6.07) is 1.98. The second-order valence-corrected chi connectivity index (χ2v) is 6.77. The van der Waals surface area contributed by atoms with Crippen LogP contribution in [-0.2, 0) is 6.54 Å². The molecular weight excluding hydrogens is 284 g/mol. The summed E-state index contributed by atoms with van der Waals surface area (Å²) in [5, 5.41) is 1.97. The summed E-state index contributed by atoms with van der Waals surface area (Å²) in [6.45, 7) is 6.86. The van der Waals surface area contributed by atoms with Crippen molar-refractivity contribution in [1.29, 1.82) is 0 Å². The van der Waals surface area contributed by atoms with Gasteiger partial charge in [-0.1, -0.05) is 13.3 Å². The Morgan fingerprint density at radius 2 is 2.33 bits per heavy atom. The van der Waals surface area contributed by atoms with E-state index < -0.39 is 0 Å². The maximum atomic E-state index is 12.2. The SMILES string of the molecule is CCC1CN(Cc2cc(=O)n3c(C)csc3n2)CCC1N. The molecule has 1 aliphatic heterocycles. The van der Waals surface area contributed by atoms with Crippen LogP contribution in [0.1, 0.15) is 31.2 Å². The van der Waals surface area contributed by atoms with Crippen molar-refractivity contribution in [2.45, 2.75) is 39.3 Å². The van der Waals surface area contributed by atoms with Crippen LogP contribution in [0.2, 0.25) is 0 Å². The monoisotopic (exact) mass is 306 g/mol. The number of hydrogen-bond acceptors (Lipinski definition) is 5. The Bertz CT molecular complexity index is 693. The molecule has 114 valence electrons. The van der Waals surface area contributed by atoms with Crippen LogP contribution in [0.15, 0.2) is 16.2 Å². The largest absolute Gasteiger partial charge is 0.327 e. The molecule has 0 aromatic carbocycles. The second kappa shape index (κ2) is 5.87. The van der Waals surface area contributed by atoms with Gasteiger partial charge in [0, 0.05) is 42.8 Å². The zero-order chi connectivity index (χ0) is 15.0. The number of thiazole rings is 1. The van der Waals surface area contributed by atoms with Crippen LogP contribution in [0.5, 0.6) is 0 Å². The van der Waals surface area contributed by atoms with E-state index in [9.17, 15) is 4.79 Å². The quantitative estimate of drug-likeness (QED) is 0.936. The van der Waals surface area contributed by atoms with Crippen LogP contribution in [0.3, 0.4) is 0 Å². The maximum Gasteiger partial charge on any atom is 0.259 e. The van der Waals surface area contributed by atoms with Gasteiger partial charge in [0.1, 0.15) is 0 Å². The number of hydrogen-bond donors (Lipinski definition) is 1. The Balaban J connectivity index is 1.80. The topological polar surface area (TPSA) is 63.6 Å². The van der Waals surface area contributed by atoms with Crippen LogP contribution >= 0.6 is 11.3 Å². The average Bonchev–Trinajstić information content (AvgIpc) is 2.83. The van der Waals surface area contributed by atoms with Crippen LogP contribution in [0.4, 0.5) is 0 Å². The van der Waals surface area contributed by atoms with E-state index in [1.807, 2.05) is 12.3 Å². The van der Waals surface area contributed by atoms with E-state index in [2.05, 4.69) is 16.8 Å². The van der Waals surface area contributed by atoms with E-state index in [1.165, 1.54) is 11.3 Å². The van der Waals surface area contributed by atoms with Crippen molar-refractivity contribution in [1.82, 2.24) is 14.3 Å². The summed E-state index contributed by atoms with van der Waals surface area (Å²) in [6.07, 6.45) is 2.13. The van der Waals surface area contributed by atoms with Crippen molar-refractivity contribution in [3.05, 3.63) is 33.2 Å². The number of nitrogens with two attached hydrogens (primary N) is 1. The highest BCUT2D eigenvalue weighted by atomic mass is 32.1. The molecule has 3 heterocycles. The number of likely N-dealkylation sites (tertiary alicyclic amines) is 1. The molecule has 0 saturated carbocycles. The third-order valence-electron chi connectivity index (χ3n) is 4.42. The fourth-order valence-corrected chi connectivity index (χ4v) is 4.00. The van der Waals surface area contributed by atoms with Gasteiger partial charge in [0.2, 0.25) is 0 Å². The standard InChI is InChI=1S/C15H22N4OS/c1-3-11-7-18(5-4-13(11)16)8-12-6-14(20)19-10(2)9-21-15(19)17-12/h6,9,11,13H,3-5,7-8,16H2,1-2H3. The van der Waals surface area contributed by atoms with Gasteiger partial charge in [-0.05, 0) is 19.3 Å². The lowest BCUT2D eigenvalue weighted by atomic mass is 9.90. The number of aromatic nitrogens is 2. The van der Waals surface area contributed by atoms with E-state index in [0.717, 1.165) is 48.8 Å². The van der Waals surface area contributed by atoms with Gasteiger partial charge < -0.3 is 5.73 Å². The van der Waals surface area contributed by atoms with Gasteiger partial charge in [-0.2, -0.15) is 0 Å². The Morgan fingerprint density at radius 3 is 3.10 bits per heavy atom. The minimum absolute atomic E-state index is 0.0227. The molecule has 1 saturated heterocycles. The summed E-state index contributed by atoms with van der Waals surface area (Å²) < 4.78 is 1.68. The van der Waals surface area contributed by atoms with E-state index in [1.54, 1.807) is 10.5 Å². The Hall–Kier alpha value is -1.24. The van der Waals surface area contributed by atoms with Crippen molar-refractivity contribution in [3.8, 4) is 0 Å². The van der Waals surface area contributed by atoms with Crippen molar-refractivity contribution >= 4 is 16.3 Å². The first-order valence-electron chi connectivity index (χ1n) is 7.53. The lowest BCUT2D eigenvalue weighted by Gasteiger charge is -2.36. The molecule has 2 aromatic rings. The molecule has 6 heteroatoms. The molecule has 5 nitrogen and oxygen atoms in total. The first-order chi connectivity index (χ1) is 10.1. The number of rotatable bonds is 3. The number of piperidine rings is 1. The summed E-state index contributed by atoms with van der Waals surface area (Å²) in [5.74, 6) is 0.549. The van der Waals surface area contributed by atoms with Gasteiger partial charge >= 0.3 is 0 Å². The highest BCUT2D eigenvalue weighted by molar-refractivity contribution is 7.15. The molecule has 2 unspecified atom stereocenters. The average molecular weight is 306 g/mol. The molecule has 2 N–H and O–H groups in total. The summed E-state index contributed by atoms with van der Waals surface area (Å²) in [5.41, 5.74) is 8.00. The smallest absolute Gasteiger partial charge is 0.259 e. The van der Waals surface area contributed by atoms with Gasteiger partial charge in [0.15, 0.2) is 4.96 Å². The molecule has 2 atom stereocenters. The molecular formula is C15H22N4OS. The number of nitrogens with zero attached hydrogens (tertiary/aromatic N) is 3. The summed E-state index contributed by atoms with van der Waals surface area (Å²) in [4.78, 5) is 20.0. The molecule has 1 aliphatic rings. The predicted molar refractivity (Wildman–Crippen MR) is 85.7 cm³/mol. The fraction of sp³-hybridized carbons (Fsp3) is 0.600. The molecule has 21 heavy (non-hydrogen) atoms. The normalized spacial score (nSPS) is 23.8. The maximum absolute atomic E-state index is 12.2. The zero-order valence-electron chi connectivity index (χ0n) is 12.6. The van der Waals surface area contributed by atoms with Crippen molar-refractivity contribution < 1.29 is 0 Å². The van der Waals surface area contributed by atoms with Crippen molar-refractivity contribution in [3.63, 3.8) is 0 Å². The molecule has 0 radical (unpaired) electrons. The van der Waals surface area contributed by atoms with Gasteiger partial charge in [0.05, 0.1) is 5.69 Å². The van der Waals surface area contributed by atoms with Crippen molar-refractivity contribution in [2.24, 2.45) is 11.7 Å². The van der Waals surface area contributed by atoms with Gasteiger partial charge in [-0.25, -0.2) is 4.98 Å². The summed E-state index contributed by atoms with van der Waals surface area (Å²) >= 11 is 1.52. The Morgan fingerprint density at radius 1 is 1.52 bits per heavy atom. The second-order valence-electron chi connectivity index (χ2n) is 5.94. The Kier molecular flexibility index (Phi) is 4.10. The molecule has 0 amide bonds. The van der Waals surface area contributed by atoms with Crippen LogP contribution < -0.4 is 11.3 Å². The van der Waals surface area contributed by atoms with E-state index in [0.29, 0.717) is 12.0 Å². The minimum Gasteiger partial charge on any atom is -0.327 e. The lowest BCUT2D eigenvalue weighted by Crippen LogP contribution is -2.46. The van der Waals surface area contributed by atoms with E-state index in [4.69, 9.17) is 5.73 Å². The predicted octanol–water partition coefficient (Wildman–Crippen LogP) is 1.62. The highest BCUT2D eigenvalue weighted by Gasteiger charge is 2.25. The molecule has 0 spiro atoms.